The second-order valence-electron chi connectivity index (χ2n) is 4.05. The Labute approximate surface area is 108 Å². The van der Waals surface area contributed by atoms with Gasteiger partial charge >= 0.3 is 0 Å². The molecule has 1 amide bonds. The predicted molar refractivity (Wildman–Crippen MR) is 71.8 cm³/mol. The van der Waals surface area contributed by atoms with Gasteiger partial charge in [-0.3, -0.25) is 4.79 Å². The molecule has 1 atom stereocenters. The molecule has 0 spiro atoms. The second kappa shape index (κ2) is 5.97. The van der Waals surface area contributed by atoms with Gasteiger partial charge in [0.05, 0.1) is 5.75 Å². The Morgan fingerprint density at radius 3 is 2.61 bits per heavy atom. The number of amides is 1. The lowest BCUT2D eigenvalue weighted by Gasteiger charge is -2.14. The van der Waals surface area contributed by atoms with Crippen LogP contribution in [0.3, 0.4) is 0 Å². The van der Waals surface area contributed by atoms with Gasteiger partial charge in [-0.05, 0) is 31.5 Å². The molecule has 1 rings (SSSR count). The Bertz CT molecular complexity index is 526. The van der Waals surface area contributed by atoms with E-state index in [-0.39, 0.29) is 17.7 Å². The molecule has 6 heteroatoms. The second-order valence-corrected chi connectivity index (χ2v) is 6.09. The maximum atomic E-state index is 11.5. The van der Waals surface area contributed by atoms with Gasteiger partial charge < -0.3 is 5.32 Å². The van der Waals surface area contributed by atoms with Gasteiger partial charge in [-0.2, -0.15) is 0 Å². The van der Waals surface area contributed by atoms with Crippen molar-refractivity contribution < 1.29 is 13.2 Å². The summed E-state index contributed by atoms with van der Waals surface area (Å²) in [5, 5.41) is 2.66. The van der Waals surface area contributed by atoms with Gasteiger partial charge in [-0.25, -0.2) is 13.1 Å². The average Bonchev–Trinajstić information content (AvgIpc) is 2.28. The van der Waals surface area contributed by atoms with Crippen LogP contribution in [0, 0.1) is 0 Å². The fraction of sp³-hybridized carbons (Fsp3) is 0.417. The quantitative estimate of drug-likeness (QED) is 0.854. The highest BCUT2D eigenvalue weighted by Crippen LogP contribution is 2.18. The van der Waals surface area contributed by atoms with E-state index in [9.17, 15) is 13.2 Å². The molecule has 0 aromatic heterocycles. The minimum atomic E-state index is -3.24. The summed E-state index contributed by atoms with van der Waals surface area (Å²) >= 11 is 0. The summed E-state index contributed by atoms with van der Waals surface area (Å²) in [5.74, 6) is -0.114. The molecule has 100 valence electrons. The van der Waals surface area contributed by atoms with E-state index in [0.29, 0.717) is 5.69 Å². The van der Waals surface area contributed by atoms with Crippen molar-refractivity contribution in [3.63, 3.8) is 0 Å². The first kappa shape index (κ1) is 14.7. The van der Waals surface area contributed by atoms with Gasteiger partial charge in [0.25, 0.3) is 0 Å². The van der Waals surface area contributed by atoms with E-state index in [1.54, 1.807) is 32.0 Å². The summed E-state index contributed by atoms with van der Waals surface area (Å²) in [4.78, 5) is 10.9. The lowest BCUT2D eigenvalue weighted by Crippen LogP contribution is -2.28. The van der Waals surface area contributed by atoms with Gasteiger partial charge in [-0.15, -0.1) is 0 Å². The number of nitrogens with one attached hydrogen (secondary N) is 2. The van der Waals surface area contributed by atoms with E-state index in [1.165, 1.54) is 6.92 Å². The molecule has 0 bridgehead atoms. The van der Waals surface area contributed by atoms with Crippen molar-refractivity contribution in [2.24, 2.45) is 0 Å². The van der Waals surface area contributed by atoms with Crippen molar-refractivity contribution >= 4 is 21.6 Å². The molecule has 0 radical (unpaired) electrons. The zero-order valence-corrected chi connectivity index (χ0v) is 11.5. The number of carbonyl (C=O) groups excluding carboxylic acids is 1. The third kappa shape index (κ3) is 4.46. The van der Waals surface area contributed by atoms with Gasteiger partial charge in [0.2, 0.25) is 15.9 Å². The van der Waals surface area contributed by atoms with Gasteiger partial charge in [-0.1, -0.05) is 12.1 Å². The number of hydrogen-bond donors (Lipinski definition) is 2. The molecule has 0 saturated carbocycles. The molecule has 0 aliphatic rings. The molecular formula is C12H18N2O3S. The van der Waals surface area contributed by atoms with E-state index in [2.05, 4.69) is 10.0 Å². The molecule has 1 unspecified atom stereocenters. The van der Waals surface area contributed by atoms with Crippen LogP contribution in [0.4, 0.5) is 5.69 Å². The van der Waals surface area contributed by atoms with E-state index in [0.717, 1.165) is 5.56 Å². The maximum Gasteiger partial charge on any atom is 0.221 e. The molecule has 0 fully saturated rings. The van der Waals surface area contributed by atoms with Crippen molar-refractivity contribution in [3.8, 4) is 0 Å². The summed E-state index contributed by atoms with van der Waals surface area (Å²) in [6, 6.07) is 6.77. The Morgan fingerprint density at radius 1 is 1.39 bits per heavy atom. The SMILES string of the molecule is CCS(=O)(=O)NC(C)c1cccc(NC(C)=O)c1. The highest BCUT2D eigenvalue weighted by molar-refractivity contribution is 7.89. The van der Waals surface area contributed by atoms with Crippen LogP contribution < -0.4 is 10.0 Å². The number of rotatable bonds is 5. The number of hydrogen-bond acceptors (Lipinski definition) is 3. The van der Waals surface area contributed by atoms with E-state index < -0.39 is 10.0 Å². The monoisotopic (exact) mass is 270 g/mol. The molecule has 18 heavy (non-hydrogen) atoms. The summed E-state index contributed by atoms with van der Waals surface area (Å²) in [6.45, 7) is 4.78. The minimum Gasteiger partial charge on any atom is -0.326 e. The third-order valence-corrected chi connectivity index (χ3v) is 3.92. The molecule has 1 aromatic carbocycles. The van der Waals surface area contributed by atoms with Crippen LogP contribution in [0.25, 0.3) is 0 Å². The van der Waals surface area contributed by atoms with Crippen LogP contribution in [0.2, 0.25) is 0 Å². The lowest BCUT2D eigenvalue weighted by atomic mass is 10.1. The van der Waals surface area contributed by atoms with Crippen LogP contribution in [-0.2, 0) is 14.8 Å². The third-order valence-electron chi connectivity index (χ3n) is 2.44. The zero-order chi connectivity index (χ0) is 13.8. The van der Waals surface area contributed by atoms with Crippen LogP contribution in [0.15, 0.2) is 24.3 Å². The summed E-state index contributed by atoms with van der Waals surface area (Å²) in [7, 11) is -3.24. The Hall–Kier alpha value is -1.40. The van der Waals surface area contributed by atoms with Crippen molar-refractivity contribution in [1.29, 1.82) is 0 Å². The van der Waals surface area contributed by atoms with Gasteiger partial charge in [0.15, 0.2) is 0 Å². The summed E-state index contributed by atoms with van der Waals surface area (Å²) in [6.07, 6.45) is 0. The first-order valence-corrected chi connectivity index (χ1v) is 7.37. The summed E-state index contributed by atoms with van der Waals surface area (Å²) in [5.41, 5.74) is 1.46. The lowest BCUT2D eigenvalue weighted by molar-refractivity contribution is -0.114. The largest absolute Gasteiger partial charge is 0.326 e. The summed E-state index contributed by atoms with van der Waals surface area (Å²) < 4.78 is 25.5. The van der Waals surface area contributed by atoms with Crippen molar-refractivity contribution in [2.75, 3.05) is 11.1 Å². The van der Waals surface area contributed by atoms with Crippen LogP contribution >= 0.6 is 0 Å². The number of benzene rings is 1. The maximum absolute atomic E-state index is 11.5. The number of carbonyl (C=O) groups is 1. The van der Waals surface area contributed by atoms with E-state index in [1.807, 2.05) is 6.07 Å². The minimum absolute atomic E-state index is 0.0444. The Balaban J connectivity index is 2.86. The fourth-order valence-electron chi connectivity index (χ4n) is 1.51. The molecule has 0 saturated heterocycles. The van der Waals surface area contributed by atoms with Crippen LogP contribution in [0.5, 0.6) is 0 Å². The molecule has 5 nitrogen and oxygen atoms in total. The molecule has 0 aliphatic carbocycles. The standard InChI is InChI=1S/C12H18N2O3S/c1-4-18(16,17)14-9(2)11-6-5-7-12(8-11)13-10(3)15/h5-9,14H,4H2,1-3H3,(H,13,15). The normalized spacial score (nSPS) is 13.1. The first-order valence-electron chi connectivity index (χ1n) is 5.71. The molecule has 1 aromatic rings. The highest BCUT2D eigenvalue weighted by Gasteiger charge is 2.13. The van der Waals surface area contributed by atoms with Gasteiger partial charge in [0.1, 0.15) is 0 Å². The number of sulfonamides is 1. The number of anilines is 1. The smallest absolute Gasteiger partial charge is 0.221 e. The fourth-order valence-corrected chi connectivity index (χ4v) is 2.35. The average molecular weight is 270 g/mol. The molecule has 0 aliphatic heterocycles. The van der Waals surface area contributed by atoms with Crippen LogP contribution in [-0.4, -0.2) is 20.1 Å². The van der Waals surface area contributed by atoms with Crippen LogP contribution in [0.1, 0.15) is 32.4 Å². The zero-order valence-electron chi connectivity index (χ0n) is 10.7. The predicted octanol–water partition coefficient (Wildman–Crippen LogP) is 1.65. The van der Waals surface area contributed by atoms with E-state index in [4.69, 9.17) is 0 Å². The van der Waals surface area contributed by atoms with Gasteiger partial charge in [0, 0.05) is 18.7 Å². The van der Waals surface area contributed by atoms with Crippen molar-refractivity contribution in [1.82, 2.24) is 4.72 Å². The topological polar surface area (TPSA) is 75.3 Å². The molecular weight excluding hydrogens is 252 g/mol. The first-order chi connectivity index (χ1) is 8.34. The Kier molecular flexibility index (Phi) is 4.86. The Morgan fingerprint density at radius 2 is 2.06 bits per heavy atom. The molecule has 0 heterocycles. The van der Waals surface area contributed by atoms with Crippen molar-refractivity contribution in [2.45, 2.75) is 26.8 Å². The van der Waals surface area contributed by atoms with Crippen molar-refractivity contribution in [3.05, 3.63) is 29.8 Å². The highest BCUT2D eigenvalue weighted by atomic mass is 32.2. The van der Waals surface area contributed by atoms with E-state index >= 15 is 0 Å². The molecule has 2 N–H and O–H groups in total.